The van der Waals surface area contributed by atoms with Crippen LogP contribution in [0.4, 0.5) is 0 Å². The number of amides is 1. The Labute approximate surface area is 163 Å². The molecule has 3 rings (SSSR count). The molecule has 0 saturated heterocycles. The molecule has 0 spiro atoms. The zero-order chi connectivity index (χ0) is 19.9. The highest BCUT2D eigenvalue weighted by Crippen LogP contribution is 2.19. The first-order chi connectivity index (χ1) is 13.6. The Bertz CT molecular complexity index is 942. The molecular weight excluding hydrogens is 356 g/mol. The molecule has 0 bridgehead atoms. The van der Waals surface area contributed by atoms with Gasteiger partial charge in [-0.15, -0.1) is 0 Å². The van der Waals surface area contributed by atoms with E-state index in [1.54, 1.807) is 36.3 Å². The molecule has 6 nitrogen and oxygen atoms in total. The normalized spacial score (nSPS) is 13.3. The van der Waals surface area contributed by atoms with Gasteiger partial charge in [0.15, 0.2) is 6.61 Å². The number of fused-ring (bicyclic) bond motifs is 1. The van der Waals surface area contributed by atoms with Gasteiger partial charge in [0.05, 0.1) is 7.11 Å². The largest absolute Gasteiger partial charge is 0.497 e. The molecule has 1 amide bonds. The van der Waals surface area contributed by atoms with Gasteiger partial charge in [0.25, 0.3) is 5.91 Å². The maximum absolute atomic E-state index is 12.4. The molecular formula is C22H20N2O4. The summed E-state index contributed by atoms with van der Waals surface area (Å²) in [5.41, 5.74) is 2.83. The predicted octanol–water partition coefficient (Wildman–Crippen LogP) is 2.73. The number of nitriles is 1. The molecule has 0 aliphatic carbocycles. The molecule has 2 aromatic carbocycles. The molecule has 0 fully saturated rings. The fraction of sp³-hybridized carbons (Fsp3) is 0.227. The topological polar surface area (TPSA) is 79.6 Å². The summed E-state index contributed by atoms with van der Waals surface area (Å²) in [6, 6.07) is 16.7. The highest BCUT2D eigenvalue weighted by atomic mass is 16.5. The van der Waals surface area contributed by atoms with E-state index in [-0.39, 0.29) is 18.1 Å². The van der Waals surface area contributed by atoms with Crippen molar-refractivity contribution in [3.63, 3.8) is 0 Å². The maximum Gasteiger partial charge on any atom is 0.349 e. The number of hydrogen-bond acceptors (Lipinski definition) is 5. The van der Waals surface area contributed by atoms with E-state index in [9.17, 15) is 14.9 Å². The van der Waals surface area contributed by atoms with E-state index >= 15 is 0 Å². The molecule has 0 atom stereocenters. The van der Waals surface area contributed by atoms with Gasteiger partial charge in [-0.3, -0.25) is 4.79 Å². The van der Waals surface area contributed by atoms with Crippen molar-refractivity contribution in [2.24, 2.45) is 0 Å². The molecule has 2 aromatic rings. The van der Waals surface area contributed by atoms with Gasteiger partial charge in [0.1, 0.15) is 17.4 Å². The molecule has 142 valence electrons. The highest BCUT2D eigenvalue weighted by Gasteiger charge is 2.22. The van der Waals surface area contributed by atoms with Gasteiger partial charge in [-0.25, -0.2) is 4.79 Å². The quantitative estimate of drug-likeness (QED) is 0.455. The van der Waals surface area contributed by atoms with Crippen molar-refractivity contribution in [1.29, 1.82) is 5.26 Å². The fourth-order valence-electron chi connectivity index (χ4n) is 3.01. The molecule has 0 radical (unpaired) electrons. The summed E-state index contributed by atoms with van der Waals surface area (Å²) < 4.78 is 10.1. The number of ether oxygens (including phenoxy) is 2. The van der Waals surface area contributed by atoms with Crippen molar-refractivity contribution >= 4 is 18.0 Å². The highest BCUT2D eigenvalue weighted by molar-refractivity contribution is 5.98. The van der Waals surface area contributed by atoms with Gasteiger partial charge in [-0.1, -0.05) is 36.4 Å². The summed E-state index contributed by atoms with van der Waals surface area (Å²) in [6.45, 7) is 0.697. The van der Waals surface area contributed by atoms with Gasteiger partial charge in [-0.05, 0) is 41.3 Å². The summed E-state index contributed by atoms with van der Waals surface area (Å²) in [4.78, 5) is 26.2. The van der Waals surface area contributed by atoms with E-state index in [1.807, 2.05) is 24.3 Å². The van der Waals surface area contributed by atoms with Crippen molar-refractivity contribution in [2.45, 2.75) is 13.0 Å². The van der Waals surface area contributed by atoms with E-state index in [0.717, 1.165) is 12.0 Å². The Morgan fingerprint density at radius 3 is 2.54 bits per heavy atom. The molecule has 6 heteroatoms. The van der Waals surface area contributed by atoms with E-state index in [0.29, 0.717) is 24.4 Å². The standard InChI is InChI=1S/C22H20N2O4/c1-27-20-8-6-16(7-9-20)12-19(13-23)22(26)28-15-21(25)24-11-10-17-4-2-3-5-18(17)14-24/h2-9,12H,10-11,14-15H2,1H3. The van der Waals surface area contributed by atoms with Crippen LogP contribution in [0.1, 0.15) is 16.7 Å². The van der Waals surface area contributed by atoms with Crippen LogP contribution in [0.5, 0.6) is 5.75 Å². The SMILES string of the molecule is COc1ccc(C=C(C#N)C(=O)OCC(=O)N2CCc3ccccc3C2)cc1. The van der Waals surface area contributed by atoms with E-state index in [1.165, 1.54) is 11.6 Å². The van der Waals surface area contributed by atoms with E-state index in [2.05, 4.69) is 6.07 Å². The number of carbonyl (C=O) groups is 2. The van der Waals surface area contributed by atoms with Gasteiger partial charge in [0, 0.05) is 13.1 Å². The monoisotopic (exact) mass is 376 g/mol. The Kier molecular flexibility index (Phi) is 6.07. The summed E-state index contributed by atoms with van der Waals surface area (Å²) >= 11 is 0. The van der Waals surface area contributed by atoms with Crippen LogP contribution < -0.4 is 4.74 Å². The minimum Gasteiger partial charge on any atom is -0.497 e. The van der Waals surface area contributed by atoms with Crippen molar-refractivity contribution in [3.05, 3.63) is 70.8 Å². The summed E-state index contributed by atoms with van der Waals surface area (Å²) in [5.74, 6) is -0.416. The smallest absolute Gasteiger partial charge is 0.349 e. The van der Waals surface area contributed by atoms with Crippen LogP contribution in [0.15, 0.2) is 54.1 Å². The maximum atomic E-state index is 12.4. The second-order valence-corrected chi connectivity index (χ2v) is 6.35. The molecule has 0 saturated carbocycles. The van der Waals surface area contributed by atoms with Gasteiger partial charge >= 0.3 is 5.97 Å². The first-order valence-electron chi connectivity index (χ1n) is 8.88. The summed E-state index contributed by atoms with van der Waals surface area (Å²) in [6.07, 6.45) is 2.19. The third kappa shape index (κ3) is 4.57. The lowest BCUT2D eigenvalue weighted by Crippen LogP contribution is -2.38. The van der Waals surface area contributed by atoms with Crippen molar-refractivity contribution < 1.29 is 19.1 Å². The Balaban J connectivity index is 1.58. The van der Waals surface area contributed by atoms with Crippen LogP contribution in [-0.4, -0.2) is 37.0 Å². The van der Waals surface area contributed by atoms with Crippen LogP contribution in [0.25, 0.3) is 6.08 Å². The fourth-order valence-corrected chi connectivity index (χ4v) is 3.01. The second-order valence-electron chi connectivity index (χ2n) is 6.35. The van der Waals surface area contributed by atoms with E-state index < -0.39 is 5.97 Å². The average Bonchev–Trinajstić information content (AvgIpc) is 2.75. The van der Waals surface area contributed by atoms with Crippen LogP contribution in [0.2, 0.25) is 0 Å². The molecule has 1 aliphatic rings. The number of methoxy groups -OCH3 is 1. The molecule has 0 N–H and O–H groups in total. The Morgan fingerprint density at radius 2 is 1.86 bits per heavy atom. The first-order valence-corrected chi connectivity index (χ1v) is 8.88. The number of rotatable bonds is 5. The number of carbonyl (C=O) groups excluding carboxylic acids is 2. The van der Waals surface area contributed by atoms with Gasteiger partial charge in [0.2, 0.25) is 0 Å². The number of benzene rings is 2. The molecule has 0 aromatic heterocycles. The zero-order valence-corrected chi connectivity index (χ0v) is 15.6. The first kappa shape index (κ1) is 19.2. The van der Waals surface area contributed by atoms with Gasteiger partial charge < -0.3 is 14.4 Å². The van der Waals surface area contributed by atoms with Gasteiger partial charge in [-0.2, -0.15) is 5.26 Å². The third-order valence-electron chi connectivity index (χ3n) is 4.58. The lowest BCUT2D eigenvalue weighted by Gasteiger charge is -2.28. The van der Waals surface area contributed by atoms with E-state index in [4.69, 9.17) is 9.47 Å². The van der Waals surface area contributed by atoms with Crippen LogP contribution in [0, 0.1) is 11.3 Å². The molecule has 1 heterocycles. The summed E-state index contributed by atoms with van der Waals surface area (Å²) in [5, 5.41) is 9.24. The predicted molar refractivity (Wildman–Crippen MR) is 103 cm³/mol. The van der Waals surface area contributed by atoms with Crippen LogP contribution >= 0.6 is 0 Å². The lowest BCUT2D eigenvalue weighted by atomic mass is 10.00. The Morgan fingerprint density at radius 1 is 1.14 bits per heavy atom. The average molecular weight is 376 g/mol. The molecule has 28 heavy (non-hydrogen) atoms. The minimum atomic E-state index is -0.816. The third-order valence-corrected chi connectivity index (χ3v) is 4.58. The zero-order valence-electron chi connectivity index (χ0n) is 15.6. The number of hydrogen-bond donors (Lipinski definition) is 0. The second kappa shape index (κ2) is 8.87. The minimum absolute atomic E-state index is 0.165. The Hall–Kier alpha value is -3.59. The van der Waals surface area contributed by atoms with Crippen molar-refractivity contribution in [3.8, 4) is 11.8 Å². The number of esters is 1. The van der Waals surface area contributed by atoms with Crippen molar-refractivity contribution in [1.82, 2.24) is 4.90 Å². The lowest BCUT2D eigenvalue weighted by molar-refractivity contribution is -0.149. The molecule has 1 aliphatic heterocycles. The molecule has 0 unspecified atom stereocenters. The summed E-state index contributed by atoms with van der Waals surface area (Å²) in [7, 11) is 1.56. The number of nitrogens with zero attached hydrogens (tertiary/aromatic N) is 2. The van der Waals surface area contributed by atoms with Crippen molar-refractivity contribution in [2.75, 3.05) is 20.3 Å². The van der Waals surface area contributed by atoms with Crippen LogP contribution in [-0.2, 0) is 27.3 Å². The van der Waals surface area contributed by atoms with Crippen LogP contribution in [0.3, 0.4) is 0 Å².